The van der Waals surface area contributed by atoms with Crippen LogP contribution in [0, 0.1) is 0 Å². The molecule has 12 heteroatoms. The van der Waals surface area contributed by atoms with Gasteiger partial charge in [-0.1, -0.05) is 66.0 Å². The highest BCUT2D eigenvalue weighted by atomic mass is 79.9. The second kappa shape index (κ2) is 18.7. The molecule has 6 N–H and O–H groups in total. The van der Waals surface area contributed by atoms with Gasteiger partial charge in [0.2, 0.25) is 0 Å². The monoisotopic (exact) mass is 922 g/mol. The first-order chi connectivity index (χ1) is 26.3. The van der Waals surface area contributed by atoms with Crippen LogP contribution in [0.4, 0.5) is 34.1 Å². The minimum Gasteiger partial charge on any atom is -0.397 e. The van der Waals surface area contributed by atoms with E-state index < -0.39 is 0 Å². The highest BCUT2D eigenvalue weighted by molar-refractivity contribution is 9.11. The van der Waals surface area contributed by atoms with E-state index in [0.29, 0.717) is 28.1 Å². The van der Waals surface area contributed by atoms with Gasteiger partial charge in [0.05, 0.1) is 33.8 Å². The van der Waals surface area contributed by atoms with Crippen molar-refractivity contribution in [3.63, 3.8) is 0 Å². The van der Waals surface area contributed by atoms with Crippen LogP contribution in [0.25, 0.3) is 16.7 Å². The van der Waals surface area contributed by atoms with Gasteiger partial charge in [0, 0.05) is 47.2 Å². The van der Waals surface area contributed by atoms with Gasteiger partial charge in [-0.15, -0.1) is 0 Å². The second-order valence-corrected chi connectivity index (χ2v) is 15.1. The van der Waals surface area contributed by atoms with Gasteiger partial charge < -0.3 is 22.1 Å². The number of imidazole rings is 1. The number of carbonyl (C=O) groups is 3. The number of Topliss-reactive ketones (excluding diaryl/α,β-unsaturated/α-hetero) is 3. The maximum absolute atomic E-state index is 11.4. The van der Waals surface area contributed by atoms with Crippen LogP contribution < -0.4 is 22.1 Å². The first-order valence-corrected chi connectivity index (χ1v) is 19.3. The van der Waals surface area contributed by atoms with Gasteiger partial charge in [-0.05, 0) is 130 Å². The zero-order valence-corrected chi connectivity index (χ0v) is 34.9. The van der Waals surface area contributed by atoms with Crippen molar-refractivity contribution in [3.8, 4) is 5.69 Å². The molecule has 55 heavy (non-hydrogen) atoms. The van der Waals surface area contributed by atoms with Crippen molar-refractivity contribution < 1.29 is 14.4 Å². The lowest BCUT2D eigenvalue weighted by Crippen LogP contribution is -1.99. The van der Waals surface area contributed by atoms with Crippen LogP contribution in [0.5, 0.6) is 0 Å². The summed E-state index contributed by atoms with van der Waals surface area (Å²) in [7, 11) is 0. The number of carbonyl (C=O) groups excluding carboxylic acids is 3. The molecule has 7 aromatic rings. The van der Waals surface area contributed by atoms with Crippen LogP contribution >= 0.6 is 47.8 Å². The van der Waals surface area contributed by atoms with Gasteiger partial charge in [0.15, 0.2) is 17.3 Å². The molecule has 6 aromatic carbocycles. The lowest BCUT2D eigenvalue weighted by atomic mass is 10.1. The molecule has 0 radical (unpaired) electrons. The Morgan fingerprint density at radius 1 is 0.545 bits per heavy atom. The smallest absolute Gasteiger partial charge is 0.159 e. The van der Waals surface area contributed by atoms with Crippen LogP contribution in [-0.2, 0) is 0 Å². The summed E-state index contributed by atoms with van der Waals surface area (Å²) in [6, 6.07) is 39.7. The van der Waals surface area contributed by atoms with Gasteiger partial charge in [-0.2, -0.15) is 0 Å². The molecular formula is C43H37Br3N6O3. The molecule has 9 nitrogen and oxygen atoms in total. The number of nitrogens with two attached hydrogens (primary N) is 2. The Morgan fingerprint density at radius 3 is 1.42 bits per heavy atom. The van der Waals surface area contributed by atoms with Crippen molar-refractivity contribution in [1.29, 1.82) is 0 Å². The summed E-state index contributed by atoms with van der Waals surface area (Å²) >= 11 is 10.3. The van der Waals surface area contributed by atoms with E-state index in [0.717, 1.165) is 52.9 Å². The number of nitrogen functional groups attached to an aromatic ring is 2. The fraction of sp³-hybridized carbons (Fsp3) is 0.0698. The minimum absolute atomic E-state index is 0.00991. The molecular weight excluding hydrogens is 888 g/mol. The van der Waals surface area contributed by atoms with E-state index in [1.54, 1.807) is 37.5 Å². The van der Waals surface area contributed by atoms with Crippen molar-refractivity contribution in [2.45, 2.75) is 20.8 Å². The molecule has 0 unspecified atom stereocenters. The van der Waals surface area contributed by atoms with Gasteiger partial charge in [0.1, 0.15) is 6.33 Å². The van der Waals surface area contributed by atoms with E-state index in [4.69, 9.17) is 11.5 Å². The predicted molar refractivity (Wildman–Crippen MR) is 235 cm³/mol. The Bertz CT molecular complexity index is 2410. The van der Waals surface area contributed by atoms with Gasteiger partial charge in [0.25, 0.3) is 0 Å². The van der Waals surface area contributed by atoms with E-state index in [2.05, 4.69) is 63.4 Å². The molecule has 0 aliphatic rings. The zero-order valence-electron chi connectivity index (χ0n) is 30.1. The molecule has 0 spiro atoms. The molecule has 0 aliphatic heterocycles. The van der Waals surface area contributed by atoms with Crippen LogP contribution in [0.3, 0.4) is 0 Å². The summed E-state index contributed by atoms with van der Waals surface area (Å²) < 4.78 is 5.01. The summed E-state index contributed by atoms with van der Waals surface area (Å²) in [5.41, 5.74) is 21.2. The fourth-order valence-corrected chi connectivity index (χ4v) is 6.48. The third kappa shape index (κ3) is 11.2. The topological polar surface area (TPSA) is 145 Å². The predicted octanol–water partition coefficient (Wildman–Crippen LogP) is 11.9. The van der Waals surface area contributed by atoms with E-state index in [9.17, 15) is 14.4 Å². The minimum atomic E-state index is 0.00991. The van der Waals surface area contributed by atoms with E-state index in [1.807, 2.05) is 108 Å². The molecule has 0 fully saturated rings. The Kier molecular flexibility index (Phi) is 13.8. The maximum Gasteiger partial charge on any atom is 0.159 e. The van der Waals surface area contributed by atoms with Crippen molar-refractivity contribution in [2.24, 2.45) is 0 Å². The summed E-state index contributed by atoms with van der Waals surface area (Å²) in [4.78, 5) is 38.2. The number of hydrogen-bond acceptors (Lipinski definition) is 8. The second-order valence-electron chi connectivity index (χ2n) is 12.3. The number of aromatic nitrogens is 2. The zero-order chi connectivity index (χ0) is 39.6. The lowest BCUT2D eigenvalue weighted by molar-refractivity contribution is 0.100. The number of fused-ring (bicyclic) bond motifs is 1. The quantitative estimate of drug-likeness (QED) is 0.0871. The van der Waals surface area contributed by atoms with E-state index in [1.165, 1.54) is 13.8 Å². The molecule has 0 bridgehead atoms. The van der Waals surface area contributed by atoms with Gasteiger partial charge >= 0.3 is 0 Å². The number of nitrogens with one attached hydrogen (secondary N) is 2. The van der Waals surface area contributed by atoms with Crippen LogP contribution in [0.1, 0.15) is 51.8 Å². The van der Waals surface area contributed by atoms with Crippen molar-refractivity contribution >= 4 is 110 Å². The molecule has 1 heterocycles. The van der Waals surface area contributed by atoms with Crippen LogP contribution in [-0.4, -0.2) is 26.9 Å². The molecule has 278 valence electrons. The molecule has 0 saturated carbocycles. The number of benzene rings is 6. The third-order valence-electron chi connectivity index (χ3n) is 8.16. The summed E-state index contributed by atoms with van der Waals surface area (Å²) in [6.07, 6.45) is 1.77. The standard InChI is InChI=1S/C15H11BrN2O.2C14H13BrN2O/c1-10(19)11-5-6-15-14(7-11)17-9-18(15)13-4-2-3-12(16)8-13;2*1-9(18)10-5-6-14(13(16)7-10)17-12-4-2-3-11(15)8-12/h2-9H,1H3;2*2-8,17H,16H2,1H3. The lowest BCUT2D eigenvalue weighted by Gasteiger charge is -2.10. The normalized spacial score (nSPS) is 10.4. The number of hydrogen-bond donors (Lipinski definition) is 4. The van der Waals surface area contributed by atoms with Gasteiger partial charge in [-0.25, -0.2) is 4.98 Å². The van der Waals surface area contributed by atoms with E-state index >= 15 is 0 Å². The number of nitrogens with zero attached hydrogens (tertiary/aromatic N) is 2. The van der Waals surface area contributed by atoms with Crippen molar-refractivity contribution in [3.05, 3.63) is 164 Å². The number of rotatable bonds is 8. The highest BCUT2D eigenvalue weighted by Gasteiger charge is 2.09. The molecule has 0 atom stereocenters. The molecule has 0 amide bonds. The fourth-order valence-electron chi connectivity index (χ4n) is 5.30. The first-order valence-electron chi connectivity index (χ1n) is 16.9. The first kappa shape index (κ1) is 40.6. The number of halogens is 3. The number of anilines is 6. The van der Waals surface area contributed by atoms with Crippen molar-refractivity contribution in [1.82, 2.24) is 9.55 Å². The van der Waals surface area contributed by atoms with E-state index in [-0.39, 0.29) is 17.3 Å². The molecule has 0 saturated heterocycles. The van der Waals surface area contributed by atoms with Crippen LogP contribution in [0.2, 0.25) is 0 Å². The molecule has 7 rings (SSSR count). The Hall–Kier alpha value is -5.56. The van der Waals surface area contributed by atoms with Crippen LogP contribution in [0.15, 0.2) is 147 Å². The SMILES string of the molecule is CC(=O)c1ccc(Nc2cccc(Br)c2)c(N)c1.CC(=O)c1ccc(Nc2cccc(Br)c2)c(N)c1.CC(=O)c1ccc2c(c1)ncn2-c1cccc(Br)c1. The Balaban J connectivity index is 0.000000158. The van der Waals surface area contributed by atoms with Gasteiger partial charge in [-0.3, -0.25) is 19.0 Å². The number of ketones is 3. The van der Waals surface area contributed by atoms with Crippen molar-refractivity contribution in [2.75, 3.05) is 22.1 Å². The Labute approximate surface area is 344 Å². The summed E-state index contributed by atoms with van der Waals surface area (Å²) in [6.45, 7) is 4.61. The highest BCUT2D eigenvalue weighted by Crippen LogP contribution is 2.28. The summed E-state index contributed by atoms with van der Waals surface area (Å²) in [5, 5.41) is 6.43. The largest absolute Gasteiger partial charge is 0.397 e. The third-order valence-corrected chi connectivity index (χ3v) is 9.64. The summed E-state index contributed by atoms with van der Waals surface area (Å²) in [5.74, 6) is 0.0744. The maximum atomic E-state index is 11.4. The average Bonchev–Trinajstić information content (AvgIpc) is 3.57. The molecule has 0 aliphatic carbocycles. The average molecular weight is 926 g/mol. The Morgan fingerprint density at radius 2 is 0.982 bits per heavy atom. The molecule has 1 aromatic heterocycles.